The number of aromatic nitrogens is 3. The minimum absolute atomic E-state index is 0.108. The maximum absolute atomic E-state index is 6.26. The molecule has 98 valence electrons. The van der Waals surface area contributed by atoms with Crippen LogP contribution in [0.3, 0.4) is 0 Å². The Balaban J connectivity index is 2.66. The predicted octanol–water partition coefficient (Wildman–Crippen LogP) is 3.96. The quantitative estimate of drug-likeness (QED) is 0.796. The molecule has 2 unspecified atom stereocenters. The molecule has 0 aromatic carbocycles. The molecule has 0 N–H and O–H groups in total. The number of aryl methyl sites for hydroxylation is 1. The van der Waals surface area contributed by atoms with Crippen LogP contribution < -0.4 is 0 Å². The SMILES string of the molecule is CSCC(C)n1c(C(C)Cl)nc2c(C)ccnc21. The Labute approximate surface area is 117 Å². The number of alkyl halides is 1. The topological polar surface area (TPSA) is 30.7 Å². The fourth-order valence-corrected chi connectivity index (χ4v) is 2.94. The van der Waals surface area contributed by atoms with Gasteiger partial charge in [0.25, 0.3) is 0 Å². The lowest BCUT2D eigenvalue weighted by molar-refractivity contribution is 0.589. The zero-order valence-electron chi connectivity index (χ0n) is 11.1. The van der Waals surface area contributed by atoms with Crippen molar-refractivity contribution >= 4 is 34.5 Å². The van der Waals surface area contributed by atoms with Gasteiger partial charge in [-0.05, 0) is 38.7 Å². The van der Waals surface area contributed by atoms with Crippen molar-refractivity contribution in [2.45, 2.75) is 32.2 Å². The number of pyridine rings is 1. The third-order valence-corrected chi connectivity index (χ3v) is 4.02. The summed E-state index contributed by atoms with van der Waals surface area (Å²) in [7, 11) is 0. The number of halogens is 1. The molecule has 2 aromatic rings. The molecule has 2 rings (SSSR count). The van der Waals surface area contributed by atoms with Crippen molar-refractivity contribution in [1.29, 1.82) is 0 Å². The van der Waals surface area contributed by atoms with Gasteiger partial charge in [-0.25, -0.2) is 9.97 Å². The van der Waals surface area contributed by atoms with Gasteiger partial charge in [0.15, 0.2) is 5.65 Å². The van der Waals surface area contributed by atoms with E-state index in [9.17, 15) is 0 Å². The molecule has 2 heterocycles. The van der Waals surface area contributed by atoms with Gasteiger partial charge >= 0.3 is 0 Å². The molecule has 18 heavy (non-hydrogen) atoms. The molecular weight excluding hydrogens is 266 g/mol. The molecule has 2 atom stereocenters. The van der Waals surface area contributed by atoms with E-state index >= 15 is 0 Å². The molecule has 0 spiro atoms. The Kier molecular flexibility index (Phi) is 4.17. The minimum atomic E-state index is -0.108. The van der Waals surface area contributed by atoms with E-state index in [1.54, 1.807) is 0 Å². The van der Waals surface area contributed by atoms with Crippen molar-refractivity contribution in [2.24, 2.45) is 0 Å². The summed E-state index contributed by atoms with van der Waals surface area (Å²) in [6.07, 6.45) is 3.95. The second kappa shape index (κ2) is 5.49. The van der Waals surface area contributed by atoms with E-state index in [4.69, 9.17) is 11.6 Å². The predicted molar refractivity (Wildman–Crippen MR) is 79.6 cm³/mol. The molecule has 2 aromatic heterocycles. The van der Waals surface area contributed by atoms with Gasteiger partial charge in [-0.2, -0.15) is 11.8 Å². The molecule has 0 bridgehead atoms. The molecule has 5 heteroatoms. The highest BCUT2D eigenvalue weighted by molar-refractivity contribution is 7.98. The molecule has 0 aliphatic rings. The number of hydrogen-bond donors (Lipinski definition) is 0. The maximum atomic E-state index is 6.26. The van der Waals surface area contributed by atoms with Gasteiger partial charge in [0, 0.05) is 18.0 Å². The van der Waals surface area contributed by atoms with Crippen LogP contribution in [0.4, 0.5) is 0 Å². The Morgan fingerprint density at radius 1 is 1.44 bits per heavy atom. The summed E-state index contributed by atoms with van der Waals surface area (Å²) in [5.74, 6) is 1.94. The van der Waals surface area contributed by atoms with Gasteiger partial charge in [0.1, 0.15) is 11.3 Å². The van der Waals surface area contributed by atoms with Crippen LogP contribution in [-0.2, 0) is 0 Å². The highest BCUT2D eigenvalue weighted by Gasteiger charge is 2.20. The van der Waals surface area contributed by atoms with Gasteiger partial charge < -0.3 is 4.57 Å². The van der Waals surface area contributed by atoms with E-state index in [-0.39, 0.29) is 5.38 Å². The first-order valence-corrected chi connectivity index (χ1v) is 7.85. The fraction of sp³-hybridized carbons (Fsp3) is 0.538. The lowest BCUT2D eigenvalue weighted by atomic mass is 10.2. The number of rotatable bonds is 4. The number of imidazole rings is 1. The standard InChI is InChI=1S/C13H18ClN3S/c1-8-5-6-15-13-11(8)16-12(10(3)14)17(13)9(2)7-18-4/h5-6,9-10H,7H2,1-4H3. The lowest BCUT2D eigenvalue weighted by Crippen LogP contribution is -2.12. The molecule has 0 radical (unpaired) electrons. The van der Waals surface area contributed by atoms with E-state index in [1.807, 2.05) is 30.9 Å². The normalized spacial score (nSPS) is 14.9. The monoisotopic (exact) mass is 283 g/mol. The zero-order valence-corrected chi connectivity index (χ0v) is 12.7. The molecule has 3 nitrogen and oxygen atoms in total. The fourth-order valence-electron chi connectivity index (χ4n) is 2.16. The van der Waals surface area contributed by atoms with Crippen LogP contribution in [-0.4, -0.2) is 26.5 Å². The van der Waals surface area contributed by atoms with Crippen LogP contribution in [0.25, 0.3) is 11.2 Å². The summed E-state index contributed by atoms with van der Waals surface area (Å²) in [4.78, 5) is 9.16. The molecule has 0 amide bonds. The smallest absolute Gasteiger partial charge is 0.160 e. The van der Waals surface area contributed by atoms with Crippen LogP contribution >= 0.6 is 23.4 Å². The second-order valence-electron chi connectivity index (χ2n) is 4.56. The summed E-state index contributed by atoms with van der Waals surface area (Å²) < 4.78 is 2.18. The van der Waals surface area contributed by atoms with E-state index < -0.39 is 0 Å². The Hall–Kier alpha value is -0.740. The van der Waals surface area contributed by atoms with Crippen LogP contribution in [0.2, 0.25) is 0 Å². The lowest BCUT2D eigenvalue weighted by Gasteiger charge is -2.16. The Morgan fingerprint density at radius 3 is 2.78 bits per heavy atom. The van der Waals surface area contributed by atoms with Crippen LogP contribution in [0.1, 0.15) is 36.7 Å². The average Bonchev–Trinajstić information content (AvgIpc) is 2.70. The van der Waals surface area contributed by atoms with Gasteiger partial charge in [-0.3, -0.25) is 0 Å². The molecule has 0 fully saturated rings. The van der Waals surface area contributed by atoms with Crippen molar-refractivity contribution in [3.05, 3.63) is 23.7 Å². The van der Waals surface area contributed by atoms with E-state index in [2.05, 4.69) is 34.6 Å². The first-order chi connectivity index (χ1) is 8.56. The largest absolute Gasteiger partial charge is 0.308 e. The summed E-state index contributed by atoms with van der Waals surface area (Å²) in [6, 6.07) is 2.33. The number of nitrogens with zero attached hydrogens (tertiary/aromatic N) is 3. The zero-order chi connectivity index (χ0) is 13.3. The van der Waals surface area contributed by atoms with Gasteiger partial charge in [-0.1, -0.05) is 0 Å². The molecular formula is C13H18ClN3S. The Morgan fingerprint density at radius 2 is 2.17 bits per heavy atom. The average molecular weight is 284 g/mol. The molecule has 0 aliphatic heterocycles. The van der Waals surface area contributed by atoms with Gasteiger partial charge in [0.05, 0.1) is 5.38 Å². The summed E-state index contributed by atoms with van der Waals surface area (Å²) in [5.41, 5.74) is 3.06. The number of hydrogen-bond acceptors (Lipinski definition) is 3. The first kappa shape index (κ1) is 13.7. The van der Waals surface area contributed by atoms with E-state index in [1.165, 1.54) is 0 Å². The highest BCUT2D eigenvalue weighted by Crippen LogP contribution is 2.29. The third-order valence-electron chi connectivity index (χ3n) is 3.01. The van der Waals surface area contributed by atoms with Gasteiger partial charge in [-0.15, -0.1) is 11.6 Å². The van der Waals surface area contributed by atoms with E-state index in [0.717, 1.165) is 28.3 Å². The van der Waals surface area contributed by atoms with Crippen LogP contribution in [0.15, 0.2) is 12.3 Å². The maximum Gasteiger partial charge on any atom is 0.160 e. The van der Waals surface area contributed by atoms with Crippen molar-refractivity contribution in [3.8, 4) is 0 Å². The molecule has 0 aliphatic carbocycles. The Bertz CT molecular complexity index is 550. The van der Waals surface area contributed by atoms with Crippen molar-refractivity contribution in [1.82, 2.24) is 14.5 Å². The number of fused-ring (bicyclic) bond motifs is 1. The van der Waals surface area contributed by atoms with Crippen molar-refractivity contribution < 1.29 is 0 Å². The van der Waals surface area contributed by atoms with Crippen molar-refractivity contribution in [2.75, 3.05) is 12.0 Å². The number of thioether (sulfide) groups is 1. The summed E-state index contributed by atoms with van der Waals surface area (Å²) in [6.45, 7) is 6.20. The molecule has 0 saturated heterocycles. The van der Waals surface area contributed by atoms with Gasteiger partial charge in [0.2, 0.25) is 0 Å². The first-order valence-electron chi connectivity index (χ1n) is 6.02. The molecule has 0 saturated carbocycles. The van der Waals surface area contributed by atoms with Crippen molar-refractivity contribution in [3.63, 3.8) is 0 Å². The highest BCUT2D eigenvalue weighted by atomic mass is 35.5. The third kappa shape index (κ3) is 2.36. The van der Waals surface area contributed by atoms with Crippen LogP contribution in [0, 0.1) is 6.92 Å². The van der Waals surface area contributed by atoms with Crippen LogP contribution in [0.5, 0.6) is 0 Å². The summed E-state index contributed by atoms with van der Waals surface area (Å²) >= 11 is 8.08. The second-order valence-corrected chi connectivity index (χ2v) is 6.13. The summed E-state index contributed by atoms with van der Waals surface area (Å²) in [5, 5.41) is -0.108. The van der Waals surface area contributed by atoms with E-state index in [0.29, 0.717) is 6.04 Å². The minimum Gasteiger partial charge on any atom is -0.308 e.